The number of alkyl halides is 3. The molecule has 0 unspecified atom stereocenters. The van der Waals surface area contributed by atoms with Crippen LogP contribution in [0, 0.1) is 0 Å². The van der Waals surface area contributed by atoms with E-state index in [2.05, 4.69) is 10.2 Å². The van der Waals surface area contributed by atoms with Crippen molar-refractivity contribution in [1.82, 2.24) is 4.90 Å². The largest absolute Gasteiger partial charge is 0.416 e. The molecule has 1 aliphatic heterocycles. The molecule has 0 atom stereocenters. The summed E-state index contributed by atoms with van der Waals surface area (Å²) in [5.41, 5.74) is 0.255. The zero-order valence-electron chi connectivity index (χ0n) is 13.6. The Morgan fingerprint density at radius 1 is 0.955 bits per heavy atom. The molecule has 0 amide bonds. The van der Waals surface area contributed by atoms with Crippen molar-refractivity contribution >= 4 is 11.4 Å². The van der Waals surface area contributed by atoms with Crippen LogP contribution in [0.1, 0.15) is 26.3 Å². The molecule has 0 saturated carbocycles. The van der Waals surface area contributed by atoms with Gasteiger partial charge in [-0.3, -0.25) is 0 Å². The molecule has 0 aliphatic carbocycles. The molecule has 1 saturated heterocycles. The number of rotatable bonds is 2. The van der Waals surface area contributed by atoms with Gasteiger partial charge in [0.2, 0.25) is 0 Å². The highest BCUT2D eigenvalue weighted by Gasteiger charge is 2.32. The summed E-state index contributed by atoms with van der Waals surface area (Å²) in [5.74, 6) is 0. The first-order valence-electron chi connectivity index (χ1n) is 7.48. The fourth-order valence-corrected chi connectivity index (χ4v) is 2.53. The maximum absolute atomic E-state index is 13.2. The number of anilines is 2. The Kier molecular flexibility index (Phi) is 4.61. The smallest absolute Gasteiger partial charge is 0.380 e. The number of piperazine rings is 1. The van der Waals surface area contributed by atoms with Crippen LogP contribution in [0.25, 0.3) is 0 Å². The van der Waals surface area contributed by atoms with E-state index in [1.165, 1.54) is 12.1 Å². The zero-order valence-corrected chi connectivity index (χ0v) is 13.6. The van der Waals surface area contributed by atoms with Crippen LogP contribution in [0.3, 0.4) is 0 Å². The molecule has 1 aromatic rings. The molecule has 22 heavy (non-hydrogen) atoms. The lowest BCUT2D eigenvalue weighted by atomic mass is 10.1. The van der Waals surface area contributed by atoms with Crippen molar-refractivity contribution in [1.29, 1.82) is 0 Å². The van der Waals surface area contributed by atoms with Gasteiger partial charge in [-0.05, 0) is 46.0 Å². The lowest BCUT2D eigenvalue weighted by Crippen LogP contribution is -2.44. The highest BCUT2D eigenvalue weighted by atomic mass is 19.4. The van der Waals surface area contributed by atoms with E-state index in [0.717, 1.165) is 26.2 Å². The van der Waals surface area contributed by atoms with Crippen LogP contribution in [0.5, 0.6) is 0 Å². The van der Waals surface area contributed by atoms with E-state index in [0.29, 0.717) is 11.4 Å². The predicted octanol–water partition coefficient (Wildman–Crippen LogP) is 3.67. The minimum Gasteiger partial charge on any atom is -0.380 e. The fourth-order valence-electron chi connectivity index (χ4n) is 2.53. The number of benzene rings is 1. The lowest BCUT2D eigenvalue weighted by molar-refractivity contribution is -0.137. The third-order valence-corrected chi connectivity index (χ3v) is 3.63. The Balaban J connectivity index is 2.34. The molecule has 0 radical (unpaired) electrons. The highest BCUT2D eigenvalue weighted by Crippen LogP contribution is 2.35. The first kappa shape index (κ1) is 16.9. The van der Waals surface area contributed by atoms with Crippen molar-refractivity contribution in [2.75, 3.05) is 43.4 Å². The third-order valence-electron chi connectivity index (χ3n) is 3.63. The van der Waals surface area contributed by atoms with Gasteiger partial charge in [-0.2, -0.15) is 13.2 Å². The first-order chi connectivity index (χ1) is 10.0. The molecule has 3 nitrogen and oxygen atoms in total. The van der Waals surface area contributed by atoms with Crippen LogP contribution in [0.2, 0.25) is 0 Å². The molecule has 1 aromatic carbocycles. The molecule has 124 valence electrons. The Morgan fingerprint density at radius 2 is 1.55 bits per heavy atom. The SMILES string of the molecule is CN1CCN(c2cc(NC(C)(C)C)cc(C(F)(F)F)c2)CC1. The van der Waals surface area contributed by atoms with Crippen LogP contribution in [-0.4, -0.2) is 43.7 Å². The van der Waals surface area contributed by atoms with Crippen molar-refractivity contribution in [3.05, 3.63) is 23.8 Å². The third kappa shape index (κ3) is 4.53. The maximum atomic E-state index is 13.2. The maximum Gasteiger partial charge on any atom is 0.416 e. The Labute approximate surface area is 130 Å². The number of hydrogen-bond acceptors (Lipinski definition) is 3. The van der Waals surface area contributed by atoms with Crippen molar-refractivity contribution in [2.45, 2.75) is 32.5 Å². The average Bonchev–Trinajstić information content (AvgIpc) is 2.36. The van der Waals surface area contributed by atoms with Gasteiger partial charge in [-0.1, -0.05) is 0 Å². The lowest BCUT2D eigenvalue weighted by Gasteiger charge is -2.35. The van der Waals surface area contributed by atoms with Crippen LogP contribution >= 0.6 is 0 Å². The number of likely N-dealkylation sites (N-methyl/N-ethyl adjacent to an activating group) is 1. The summed E-state index contributed by atoms with van der Waals surface area (Å²) >= 11 is 0. The summed E-state index contributed by atoms with van der Waals surface area (Å²) in [5, 5.41) is 3.14. The van der Waals surface area contributed by atoms with Gasteiger partial charge in [0, 0.05) is 43.1 Å². The predicted molar refractivity (Wildman–Crippen MR) is 84.5 cm³/mol. The van der Waals surface area contributed by atoms with Crippen molar-refractivity contribution in [2.24, 2.45) is 0 Å². The molecular formula is C16H24F3N3. The normalized spacial score (nSPS) is 17.7. The molecule has 2 rings (SSSR count). The number of halogens is 3. The Hall–Kier alpha value is -1.43. The van der Waals surface area contributed by atoms with Gasteiger partial charge >= 0.3 is 6.18 Å². The van der Waals surface area contributed by atoms with Gasteiger partial charge in [-0.15, -0.1) is 0 Å². The van der Waals surface area contributed by atoms with Crippen LogP contribution in [0.4, 0.5) is 24.5 Å². The van der Waals surface area contributed by atoms with E-state index in [1.807, 2.05) is 38.8 Å². The fraction of sp³-hybridized carbons (Fsp3) is 0.625. The van der Waals surface area contributed by atoms with Crippen LogP contribution in [0.15, 0.2) is 18.2 Å². The van der Waals surface area contributed by atoms with Gasteiger partial charge in [0.25, 0.3) is 0 Å². The summed E-state index contributed by atoms with van der Waals surface area (Å²) in [7, 11) is 2.02. The molecule has 1 N–H and O–H groups in total. The van der Waals surface area contributed by atoms with Gasteiger partial charge in [-0.25, -0.2) is 0 Å². The van der Waals surface area contributed by atoms with Crippen molar-refractivity contribution in [3.8, 4) is 0 Å². The average molecular weight is 315 g/mol. The Bertz CT molecular complexity index is 512. The Morgan fingerprint density at radius 3 is 2.05 bits per heavy atom. The van der Waals surface area contributed by atoms with E-state index in [-0.39, 0.29) is 5.54 Å². The molecule has 0 aromatic heterocycles. The molecule has 6 heteroatoms. The second kappa shape index (κ2) is 5.99. The van der Waals surface area contributed by atoms with Crippen molar-refractivity contribution < 1.29 is 13.2 Å². The summed E-state index contributed by atoms with van der Waals surface area (Å²) < 4.78 is 39.5. The molecule has 1 heterocycles. The molecule has 0 spiro atoms. The second-order valence-electron chi connectivity index (χ2n) is 6.93. The van der Waals surface area contributed by atoms with Crippen molar-refractivity contribution in [3.63, 3.8) is 0 Å². The van der Waals surface area contributed by atoms with Gasteiger partial charge in [0.05, 0.1) is 5.56 Å². The molecule has 0 bridgehead atoms. The summed E-state index contributed by atoms with van der Waals surface area (Å²) in [6.07, 6.45) is -4.34. The van der Waals surface area contributed by atoms with Gasteiger partial charge in [0.1, 0.15) is 0 Å². The minimum absolute atomic E-state index is 0.288. The quantitative estimate of drug-likeness (QED) is 0.898. The zero-order chi connectivity index (χ0) is 16.5. The second-order valence-corrected chi connectivity index (χ2v) is 6.93. The summed E-state index contributed by atoms with van der Waals surface area (Å²) in [6.45, 7) is 9.00. The van der Waals surface area contributed by atoms with Gasteiger partial charge < -0.3 is 15.1 Å². The van der Waals surface area contributed by atoms with E-state index in [1.54, 1.807) is 0 Å². The van der Waals surface area contributed by atoms with Crippen LogP contribution in [-0.2, 0) is 6.18 Å². The van der Waals surface area contributed by atoms with E-state index in [9.17, 15) is 13.2 Å². The monoisotopic (exact) mass is 315 g/mol. The standard InChI is InChI=1S/C16H24F3N3/c1-15(2,3)20-13-9-12(16(17,18)19)10-14(11-13)22-7-5-21(4)6-8-22/h9-11,20H,5-8H2,1-4H3. The first-order valence-corrected chi connectivity index (χ1v) is 7.48. The van der Waals surface area contributed by atoms with E-state index >= 15 is 0 Å². The summed E-state index contributed by atoms with van der Waals surface area (Å²) in [4.78, 5) is 4.20. The molecule has 1 aliphatic rings. The molecule has 1 fully saturated rings. The number of nitrogens with one attached hydrogen (secondary N) is 1. The van der Waals surface area contributed by atoms with E-state index < -0.39 is 11.7 Å². The highest BCUT2D eigenvalue weighted by molar-refractivity contribution is 5.62. The van der Waals surface area contributed by atoms with Crippen LogP contribution < -0.4 is 10.2 Å². The topological polar surface area (TPSA) is 18.5 Å². The number of hydrogen-bond donors (Lipinski definition) is 1. The summed E-state index contributed by atoms with van der Waals surface area (Å²) in [6, 6.07) is 4.25. The van der Waals surface area contributed by atoms with E-state index in [4.69, 9.17) is 0 Å². The minimum atomic E-state index is -4.34. The molecular weight excluding hydrogens is 291 g/mol. The number of nitrogens with zero attached hydrogens (tertiary/aromatic N) is 2. The van der Waals surface area contributed by atoms with Gasteiger partial charge in [0.15, 0.2) is 0 Å².